The predicted molar refractivity (Wildman–Crippen MR) is 50.2 cm³/mol. The fourth-order valence-electron chi connectivity index (χ4n) is 1.14. The molecule has 78 valence electrons. The van der Waals surface area contributed by atoms with Crippen molar-refractivity contribution in [2.75, 3.05) is 0 Å². The molecule has 0 amide bonds. The minimum Gasteiger partial charge on any atom is -0.323 e. The summed E-state index contributed by atoms with van der Waals surface area (Å²) in [5, 5.41) is 18.8. The van der Waals surface area contributed by atoms with Crippen LogP contribution < -0.4 is 5.73 Å². The smallest absolute Gasteiger partial charge is 0.269 e. The van der Waals surface area contributed by atoms with Gasteiger partial charge in [-0.05, 0) is 6.07 Å². The van der Waals surface area contributed by atoms with Crippen LogP contribution in [-0.2, 0) is 0 Å². The first-order valence-electron chi connectivity index (χ1n) is 4.12. The lowest BCUT2D eigenvalue weighted by Gasteiger charge is -2.08. The topological polar surface area (TPSA) is 93.0 Å². The molecule has 0 fully saturated rings. The van der Waals surface area contributed by atoms with Gasteiger partial charge in [-0.15, -0.1) is 0 Å². The van der Waals surface area contributed by atoms with Gasteiger partial charge in [0, 0.05) is 23.7 Å². The Hall–Kier alpha value is -2.00. The first-order chi connectivity index (χ1) is 7.06. The summed E-state index contributed by atoms with van der Waals surface area (Å²) in [6, 6.07) is 4.03. The fraction of sp³-hybridized carbons (Fsp3) is 0.222. The number of nitrogens with two attached hydrogens (primary N) is 1. The highest BCUT2D eigenvalue weighted by atomic mass is 19.1. The second-order valence-corrected chi connectivity index (χ2v) is 2.93. The van der Waals surface area contributed by atoms with Crippen LogP contribution in [0.25, 0.3) is 0 Å². The van der Waals surface area contributed by atoms with Crippen molar-refractivity contribution in [2.24, 2.45) is 5.73 Å². The largest absolute Gasteiger partial charge is 0.323 e. The summed E-state index contributed by atoms with van der Waals surface area (Å²) in [7, 11) is 0. The maximum absolute atomic E-state index is 13.2. The molecule has 2 N–H and O–H groups in total. The molecule has 0 saturated heterocycles. The van der Waals surface area contributed by atoms with E-state index in [4.69, 9.17) is 11.0 Å². The molecule has 0 bridgehead atoms. The van der Waals surface area contributed by atoms with Crippen LogP contribution in [0, 0.1) is 27.3 Å². The molecule has 0 aliphatic rings. The van der Waals surface area contributed by atoms with E-state index in [0.29, 0.717) is 0 Å². The molecule has 6 heteroatoms. The van der Waals surface area contributed by atoms with Crippen molar-refractivity contribution in [3.05, 3.63) is 39.7 Å². The minimum absolute atomic E-state index is 0.00856. The monoisotopic (exact) mass is 209 g/mol. The molecule has 1 rings (SSSR count). The van der Waals surface area contributed by atoms with Gasteiger partial charge in [0.25, 0.3) is 5.69 Å². The van der Waals surface area contributed by atoms with Crippen molar-refractivity contribution in [3.8, 4) is 6.07 Å². The third kappa shape index (κ3) is 2.48. The van der Waals surface area contributed by atoms with Crippen LogP contribution in [0.15, 0.2) is 18.2 Å². The van der Waals surface area contributed by atoms with Crippen LogP contribution in [0.1, 0.15) is 18.0 Å². The molecule has 0 saturated carbocycles. The number of nitro groups is 1. The quantitative estimate of drug-likeness (QED) is 0.604. The number of halogens is 1. The molecule has 0 spiro atoms. The Balaban J connectivity index is 3.11. The molecule has 5 nitrogen and oxygen atoms in total. The normalized spacial score (nSPS) is 11.8. The first-order valence-corrected chi connectivity index (χ1v) is 4.12. The average molecular weight is 209 g/mol. The standard InChI is InChI=1S/C9H8FN3O2/c10-8-2-1-6(13(14)15)5-7(8)9(12)3-4-11/h1-2,5,9H,3,12H2/t9-/m1/s1. The number of non-ortho nitro benzene ring substituents is 1. The van der Waals surface area contributed by atoms with Gasteiger partial charge in [0.2, 0.25) is 0 Å². The highest BCUT2D eigenvalue weighted by Gasteiger charge is 2.15. The Kier molecular flexibility index (Phi) is 3.31. The summed E-state index contributed by atoms with van der Waals surface area (Å²) < 4.78 is 13.2. The second-order valence-electron chi connectivity index (χ2n) is 2.93. The van der Waals surface area contributed by atoms with E-state index in [1.807, 2.05) is 0 Å². The van der Waals surface area contributed by atoms with Gasteiger partial charge in [0.15, 0.2) is 0 Å². The number of nitriles is 1. The first kappa shape index (κ1) is 11.1. The molecule has 0 heterocycles. The zero-order valence-electron chi connectivity index (χ0n) is 7.68. The van der Waals surface area contributed by atoms with E-state index in [-0.39, 0.29) is 17.7 Å². The van der Waals surface area contributed by atoms with E-state index in [0.717, 1.165) is 18.2 Å². The lowest BCUT2D eigenvalue weighted by atomic mass is 10.0. The SMILES string of the molecule is N#CC[C@@H](N)c1cc([N+](=O)[O-])ccc1F. The van der Waals surface area contributed by atoms with Crippen LogP contribution in [0.4, 0.5) is 10.1 Å². The number of benzene rings is 1. The molecule has 0 aliphatic carbocycles. The van der Waals surface area contributed by atoms with Crippen LogP contribution in [0.2, 0.25) is 0 Å². The van der Waals surface area contributed by atoms with Gasteiger partial charge in [-0.1, -0.05) is 0 Å². The zero-order valence-corrected chi connectivity index (χ0v) is 7.68. The molecule has 1 aromatic rings. The third-order valence-electron chi connectivity index (χ3n) is 1.90. The summed E-state index contributed by atoms with van der Waals surface area (Å²) in [5.74, 6) is -0.636. The van der Waals surface area contributed by atoms with Gasteiger partial charge < -0.3 is 5.73 Å². The molecule has 1 atom stereocenters. The number of nitrogens with zero attached hydrogens (tertiary/aromatic N) is 2. The van der Waals surface area contributed by atoms with Gasteiger partial charge in [-0.3, -0.25) is 10.1 Å². The maximum atomic E-state index is 13.2. The van der Waals surface area contributed by atoms with E-state index in [9.17, 15) is 14.5 Å². The van der Waals surface area contributed by atoms with E-state index in [1.54, 1.807) is 6.07 Å². The Labute approximate surface area is 85.1 Å². The van der Waals surface area contributed by atoms with Gasteiger partial charge in [0.1, 0.15) is 5.82 Å². The number of hydrogen-bond donors (Lipinski definition) is 1. The highest BCUT2D eigenvalue weighted by Crippen LogP contribution is 2.22. The van der Waals surface area contributed by atoms with Crippen molar-refractivity contribution < 1.29 is 9.31 Å². The van der Waals surface area contributed by atoms with Gasteiger partial charge in [-0.2, -0.15) is 5.26 Å². The van der Waals surface area contributed by atoms with Crippen molar-refractivity contribution in [3.63, 3.8) is 0 Å². The van der Waals surface area contributed by atoms with E-state index < -0.39 is 16.8 Å². The van der Waals surface area contributed by atoms with Gasteiger partial charge in [-0.25, -0.2) is 4.39 Å². The molecular weight excluding hydrogens is 201 g/mol. The highest BCUT2D eigenvalue weighted by molar-refractivity contribution is 5.37. The molecule has 0 aliphatic heterocycles. The van der Waals surface area contributed by atoms with Crippen molar-refractivity contribution >= 4 is 5.69 Å². The summed E-state index contributed by atoms with van der Waals surface area (Å²) in [6.45, 7) is 0. The number of rotatable bonds is 3. The molecule has 0 radical (unpaired) electrons. The van der Waals surface area contributed by atoms with Crippen molar-refractivity contribution in [2.45, 2.75) is 12.5 Å². The Morgan fingerprint density at radius 3 is 2.87 bits per heavy atom. The van der Waals surface area contributed by atoms with Crippen molar-refractivity contribution in [1.82, 2.24) is 0 Å². The summed E-state index contributed by atoms with van der Waals surface area (Å²) in [5.41, 5.74) is 5.25. The lowest BCUT2D eigenvalue weighted by Crippen LogP contribution is -2.11. The lowest BCUT2D eigenvalue weighted by molar-refractivity contribution is -0.385. The maximum Gasteiger partial charge on any atom is 0.269 e. The molecular formula is C9H8FN3O2. The van der Waals surface area contributed by atoms with Crippen molar-refractivity contribution in [1.29, 1.82) is 5.26 Å². The van der Waals surface area contributed by atoms with Crippen LogP contribution in [0.5, 0.6) is 0 Å². The predicted octanol–water partition coefficient (Wildman–Crippen LogP) is 1.65. The fourth-order valence-corrected chi connectivity index (χ4v) is 1.14. The van der Waals surface area contributed by atoms with Gasteiger partial charge >= 0.3 is 0 Å². The average Bonchev–Trinajstić information content (AvgIpc) is 2.18. The summed E-state index contributed by atoms with van der Waals surface area (Å²) in [6.07, 6.45) is -0.0852. The third-order valence-corrected chi connectivity index (χ3v) is 1.90. The van der Waals surface area contributed by atoms with Crippen LogP contribution in [0.3, 0.4) is 0 Å². The minimum atomic E-state index is -0.838. The Morgan fingerprint density at radius 1 is 1.67 bits per heavy atom. The molecule has 0 aromatic heterocycles. The van der Waals surface area contributed by atoms with E-state index in [2.05, 4.69) is 0 Å². The number of hydrogen-bond acceptors (Lipinski definition) is 4. The van der Waals surface area contributed by atoms with Gasteiger partial charge in [0.05, 0.1) is 17.4 Å². The summed E-state index contributed by atoms with van der Waals surface area (Å²) in [4.78, 5) is 9.79. The van der Waals surface area contributed by atoms with Crippen LogP contribution >= 0.6 is 0 Å². The molecule has 1 aromatic carbocycles. The second kappa shape index (κ2) is 4.48. The number of nitro benzene ring substituents is 1. The molecule has 0 unspecified atom stereocenters. The summed E-state index contributed by atoms with van der Waals surface area (Å²) >= 11 is 0. The van der Waals surface area contributed by atoms with Crippen LogP contribution in [-0.4, -0.2) is 4.92 Å². The van der Waals surface area contributed by atoms with E-state index >= 15 is 0 Å². The molecule has 15 heavy (non-hydrogen) atoms. The zero-order chi connectivity index (χ0) is 11.4. The van der Waals surface area contributed by atoms with E-state index in [1.165, 1.54) is 0 Å². The Morgan fingerprint density at radius 2 is 2.33 bits per heavy atom. The Bertz CT molecular complexity index is 428.